The molecule has 2 aromatic carbocycles. The van der Waals surface area contributed by atoms with Crippen LogP contribution in [0.25, 0.3) is 0 Å². The van der Waals surface area contributed by atoms with Gasteiger partial charge < -0.3 is 4.52 Å². The lowest BCUT2D eigenvalue weighted by Crippen LogP contribution is -2.04. The molecule has 0 radical (unpaired) electrons. The summed E-state index contributed by atoms with van der Waals surface area (Å²) in [7, 11) is 0. The van der Waals surface area contributed by atoms with Gasteiger partial charge in [-0.3, -0.25) is 4.79 Å². The van der Waals surface area contributed by atoms with Gasteiger partial charge in [-0.2, -0.15) is 0 Å². The summed E-state index contributed by atoms with van der Waals surface area (Å²) in [6.45, 7) is 0. The number of aromatic nitrogens is 1. The summed E-state index contributed by atoms with van der Waals surface area (Å²) in [6.07, 6.45) is 3.64. The molecule has 3 nitrogen and oxygen atoms in total. The molecule has 4 rings (SSSR count). The SMILES string of the molecule is O=C(c1ccc(Cl)cc1Sc1ccccc1)c1cnoc1C1CC1. The highest BCUT2D eigenvalue weighted by molar-refractivity contribution is 7.99. The van der Waals surface area contributed by atoms with Gasteiger partial charge in [-0.25, -0.2) is 0 Å². The number of ketones is 1. The molecule has 0 spiro atoms. The van der Waals surface area contributed by atoms with Crippen LogP contribution < -0.4 is 0 Å². The molecule has 0 N–H and O–H groups in total. The van der Waals surface area contributed by atoms with Crippen molar-refractivity contribution in [2.75, 3.05) is 0 Å². The van der Waals surface area contributed by atoms with Gasteiger partial charge in [0.1, 0.15) is 0 Å². The van der Waals surface area contributed by atoms with E-state index in [1.54, 1.807) is 12.1 Å². The first-order valence-corrected chi connectivity index (χ1v) is 8.93. The highest BCUT2D eigenvalue weighted by Gasteiger charge is 2.33. The van der Waals surface area contributed by atoms with Crippen LogP contribution in [0.3, 0.4) is 0 Å². The van der Waals surface area contributed by atoms with E-state index in [0.29, 0.717) is 27.8 Å². The Morgan fingerprint density at radius 1 is 1.12 bits per heavy atom. The minimum Gasteiger partial charge on any atom is -0.360 e. The molecule has 0 unspecified atom stereocenters. The third-order valence-electron chi connectivity index (χ3n) is 3.95. The maximum absolute atomic E-state index is 13.0. The van der Waals surface area contributed by atoms with Gasteiger partial charge >= 0.3 is 0 Å². The first kappa shape index (κ1) is 15.5. The van der Waals surface area contributed by atoms with Crippen molar-refractivity contribution in [3.8, 4) is 0 Å². The van der Waals surface area contributed by atoms with Crippen LogP contribution in [0, 0.1) is 0 Å². The van der Waals surface area contributed by atoms with Crippen LogP contribution in [0.1, 0.15) is 40.4 Å². The summed E-state index contributed by atoms with van der Waals surface area (Å²) in [5.41, 5.74) is 1.19. The molecule has 0 aliphatic heterocycles. The molecule has 1 aliphatic carbocycles. The monoisotopic (exact) mass is 355 g/mol. The van der Waals surface area contributed by atoms with Crippen molar-refractivity contribution in [1.29, 1.82) is 0 Å². The summed E-state index contributed by atoms with van der Waals surface area (Å²) in [4.78, 5) is 14.9. The van der Waals surface area contributed by atoms with Gasteiger partial charge in [0.15, 0.2) is 11.5 Å². The van der Waals surface area contributed by atoms with Crippen molar-refractivity contribution in [1.82, 2.24) is 5.16 Å². The second-order valence-electron chi connectivity index (χ2n) is 5.76. The van der Waals surface area contributed by atoms with Gasteiger partial charge in [-0.1, -0.05) is 46.7 Å². The average molecular weight is 356 g/mol. The molecule has 1 aromatic heterocycles. The molecule has 120 valence electrons. The number of nitrogens with zero attached hydrogens (tertiary/aromatic N) is 1. The third-order valence-corrected chi connectivity index (χ3v) is 5.25. The molecule has 0 saturated heterocycles. The zero-order valence-corrected chi connectivity index (χ0v) is 14.3. The molecular weight excluding hydrogens is 342 g/mol. The number of hydrogen-bond acceptors (Lipinski definition) is 4. The number of rotatable bonds is 5. The van der Waals surface area contributed by atoms with E-state index >= 15 is 0 Å². The van der Waals surface area contributed by atoms with E-state index in [1.165, 1.54) is 18.0 Å². The Hall–Kier alpha value is -2.04. The Bertz CT molecular complexity index is 887. The summed E-state index contributed by atoms with van der Waals surface area (Å²) in [6, 6.07) is 15.3. The molecule has 5 heteroatoms. The van der Waals surface area contributed by atoms with Gasteiger partial charge in [-0.15, -0.1) is 0 Å². The molecule has 0 bridgehead atoms. The van der Waals surface area contributed by atoms with E-state index in [0.717, 1.165) is 22.6 Å². The molecule has 0 amide bonds. The predicted octanol–water partition coefficient (Wildman–Crippen LogP) is 5.59. The zero-order chi connectivity index (χ0) is 16.5. The normalized spacial score (nSPS) is 13.9. The maximum atomic E-state index is 13.0. The largest absolute Gasteiger partial charge is 0.360 e. The summed E-state index contributed by atoms with van der Waals surface area (Å²) in [5.74, 6) is 0.989. The molecule has 3 aromatic rings. The molecule has 1 fully saturated rings. The number of benzene rings is 2. The zero-order valence-electron chi connectivity index (χ0n) is 12.7. The Morgan fingerprint density at radius 3 is 2.67 bits per heavy atom. The van der Waals surface area contributed by atoms with Crippen molar-refractivity contribution in [3.05, 3.63) is 76.6 Å². The first-order valence-electron chi connectivity index (χ1n) is 7.74. The van der Waals surface area contributed by atoms with Crippen LogP contribution >= 0.6 is 23.4 Å². The quantitative estimate of drug-likeness (QED) is 0.560. The smallest absolute Gasteiger partial charge is 0.199 e. The van der Waals surface area contributed by atoms with E-state index < -0.39 is 0 Å². The van der Waals surface area contributed by atoms with E-state index in [2.05, 4.69) is 5.16 Å². The second kappa shape index (κ2) is 6.46. The maximum Gasteiger partial charge on any atom is 0.199 e. The highest BCUT2D eigenvalue weighted by Crippen LogP contribution is 2.42. The fourth-order valence-electron chi connectivity index (χ4n) is 2.59. The van der Waals surface area contributed by atoms with E-state index in [-0.39, 0.29) is 5.78 Å². The molecule has 1 aliphatic rings. The van der Waals surface area contributed by atoms with Crippen LogP contribution in [0.4, 0.5) is 0 Å². The Balaban J connectivity index is 1.72. The van der Waals surface area contributed by atoms with Crippen LogP contribution in [0.5, 0.6) is 0 Å². The van der Waals surface area contributed by atoms with Crippen LogP contribution in [-0.4, -0.2) is 10.9 Å². The number of hydrogen-bond donors (Lipinski definition) is 0. The Kier molecular flexibility index (Phi) is 4.17. The fourth-order valence-corrected chi connectivity index (χ4v) is 3.83. The van der Waals surface area contributed by atoms with Crippen molar-refractivity contribution < 1.29 is 9.32 Å². The predicted molar refractivity (Wildman–Crippen MR) is 93.9 cm³/mol. The average Bonchev–Trinajstić information content (AvgIpc) is 3.32. The number of halogens is 1. The lowest BCUT2D eigenvalue weighted by Gasteiger charge is -2.09. The van der Waals surface area contributed by atoms with Crippen LogP contribution in [-0.2, 0) is 0 Å². The van der Waals surface area contributed by atoms with Crippen molar-refractivity contribution >= 4 is 29.1 Å². The minimum atomic E-state index is -0.0618. The van der Waals surface area contributed by atoms with Gasteiger partial charge in [-0.05, 0) is 43.2 Å². The molecular formula is C19H14ClNO2S. The Morgan fingerprint density at radius 2 is 1.92 bits per heavy atom. The topological polar surface area (TPSA) is 43.1 Å². The second-order valence-corrected chi connectivity index (χ2v) is 7.31. The third kappa shape index (κ3) is 3.12. The molecule has 1 saturated carbocycles. The van der Waals surface area contributed by atoms with E-state index in [1.807, 2.05) is 36.4 Å². The summed E-state index contributed by atoms with van der Waals surface area (Å²) < 4.78 is 5.31. The first-order chi connectivity index (χ1) is 11.7. The molecule has 24 heavy (non-hydrogen) atoms. The van der Waals surface area contributed by atoms with Crippen LogP contribution in [0.2, 0.25) is 5.02 Å². The van der Waals surface area contributed by atoms with Crippen molar-refractivity contribution in [2.45, 2.75) is 28.6 Å². The Labute approximate surface area is 149 Å². The number of carbonyl (C=O) groups excluding carboxylic acids is 1. The summed E-state index contributed by atoms with van der Waals surface area (Å²) in [5, 5.41) is 4.44. The lowest BCUT2D eigenvalue weighted by atomic mass is 10.0. The van der Waals surface area contributed by atoms with E-state index in [9.17, 15) is 4.79 Å². The molecule has 1 heterocycles. The number of carbonyl (C=O) groups is 1. The van der Waals surface area contributed by atoms with Gasteiger partial charge in [0.2, 0.25) is 0 Å². The van der Waals surface area contributed by atoms with Crippen LogP contribution in [0.15, 0.2) is 69.0 Å². The van der Waals surface area contributed by atoms with E-state index in [4.69, 9.17) is 16.1 Å². The summed E-state index contributed by atoms with van der Waals surface area (Å²) >= 11 is 7.68. The van der Waals surface area contributed by atoms with Crippen molar-refractivity contribution in [2.24, 2.45) is 0 Å². The van der Waals surface area contributed by atoms with Gasteiger partial charge in [0, 0.05) is 26.3 Å². The van der Waals surface area contributed by atoms with Gasteiger partial charge in [0.25, 0.3) is 0 Å². The molecule has 0 atom stereocenters. The highest BCUT2D eigenvalue weighted by atomic mass is 35.5. The standard InChI is InChI=1S/C19H14ClNO2S/c20-13-8-9-15(17(10-13)24-14-4-2-1-3-5-14)18(22)16-11-21-23-19(16)12-6-7-12/h1-5,8-12H,6-7H2. The van der Waals surface area contributed by atoms with Gasteiger partial charge in [0.05, 0.1) is 11.8 Å². The fraction of sp³-hybridized carbons (Fsp3) is 0.158. The van der Waals surface area contributed by atoms with Crippen molar-refractivity contribution in [3.63, 3.8) is 0 Å². The lowest BCUT2D eigenvalue weighted by molar-refractivity contribution is 0.103. The minimum absolute atomic E-state index is 0.0618.